The van der Waals surface area contributed by atoms with E-state index in [1.54, 1.807) is 43.9 Å². The number of ether oxygens (including phenoxy) is 1. The van der Waals surface area contributed by atoms with Crippen molar-refractivity contribution in [2.24, 2.45) is 0 Å². The van der Waals surface area contributed by atoms with Gasteiger partial charge in [-0.25, -0.2) is 14.8 Å². The van der Waals surface area contributed by atoms with Crippen LogP contribution in [0.5, 0.6) is 0 Å². The summed E-state index contributed by atoms with van der Waals surface area (Å²) in [6.07, 6.45) is 4.89. The highest BCUT2D eigenvalue weighted by Gasteiger charge is 2.23. The first-order chi connectivity index (χ1) is 13.5. The van der Waals surface area contributed by atoms with Crippen LogP contribution in [0, 0.1) is 0 Å². The van der Waals surface area contributed by atoms with Gasteiger partial charge in [0.25, 0.3) is 5.91 Å². The van der Waals surface area contributed by atoms with Crippen LogP contribution in [0.1, 0.15) is 27.2 Å². The van der Waals surface area contributed by atoms with Crippen LogP contribution in [0.4, 0.5) is 0 Å². The molecular weight excluding hydrogens is 394 g/mol. The molecule has 4 rings (SSSR count). The van der Waals surface area contributed by atoms with Crippen LogP contribution in [0.3, 0.4) is 0 Å². The third-order valence-electron chi connectivity index (χ3n) is 4.61. The Balaban J connectivity index is 1.62. The van der Waals surface area contributed by atoms with Crippen LogP contribution in [0.15, 0.2) is 40.5 Å². The van der Waals surface area contributed by atoms with E-state index >= 15 is 0 Å². The van der Waals surface area contributed by atoms with E-state index in [1.165, 1.54) is 33.5 Å². The Labute approximate surface area is 170 Å². The Morgan fingerprint density at radius 1 is 1.21 bits per heavy atom. The highest BCUT2D eigenvalue weighted by atomic mass is 32.2. The number of fused-ring (bicyclic) bond motifs is 3. The fourth-order valence-corrected chi connectivity index (χ4v) is 5.47. The highest BCUT2D eigenvalue weighted by Crippen LogP contribution is 2.42. The second-order valence-corrected chi connectivity index (χ2v) is 8.79. The average Bonchev–Trinajstić information content (AvgIpc) is 3.27. The molecule has 8 heteroatoms. The van der Waals surface area contributed by atoms with Crippen molar-refractivity contribution in [1.29, 1.82) is 0 Å². The minimum Gasteiger partial charge on any atom is -0.452 e. The molecule has 1 aromatic carbocycles. The van der Waals surface area contributed by atoms with Crippen molar-refractivity contribution in [2.75, 3.05) is 20.7 Å². The van der Waals surface area contributed by atoms with Gasteiger partial charge < -0.3 is 9.64 Å². The molecular formula is C20H19N3O3S2. The Kier molecular flexibility index (Phi) is 5.32. The van der Waals surface area contributed by atoms with E-state index in [0.717, 1.165) is 33.0 Å². The smallest absolute Gasteiger partial charge is 0.339 e. The fourth-order valence-electron chi connectivity index (χ4n) is 3.14. The number of thiophene rings is 1. The van der Waals surface area contributed by atoms with Crippen LogP contribution >= 0.6 is 23.1 Å². The number of aromatic nitrogens is 2. The van der Waals surface area contributed by atoms with Crippen molar-refractivity contribution in [3.8, 4) is 0 Å². The van der Waals surface area contributed by atoms with E-state index < -0.39 is 5.97 Å². The molecule has 1 amide bonds. The third-order valence-corrected chi connectivity index (χ3v) is 6.88. The van der Waals surface area contributed by atoms with Gasteiger partial charge in [0, 0.05) is 29.3 Å². The van der Waals surface area contributed by atoms with Gasteiger partial charge in [0.1, 0.15) is 16.2 Å². The third kappa shape index (κ3) is 3.62. The Morgan fingerprint density at radius 2 is 2.04 bits per heavy atom. The lowest BCUT2D eigenvalue weighted by Gasteiger charge is -2.12. The van der Waals surface area contributed by atoms with Crippen molar-refractivity contribution in [3.63, 3.8) is 0 Å². The molecule has 0 saturated carbocycles. The summed E-state index contributed by atoms with van der Waals surface area (Å²) < 4.78 is 5.20. The fraction of sp³-hybridized carbons (Fsp3) is 0.300. The second kappa shape index (κ2) is 7.89. The van der Waals surface area contributed by atoms with Gasteiger partial charge in [-0.3, -0.25) is 4.79 Å². The van der Waals surface area contributed by atoms with E-state index in [-0.39, 0.29) is 12.5 Å². The second-order valence-electron chi connectivity index (χ2n) is 6.68. The predicted octanol–water partition coefficient (Wildman–Crippen LogP) is 3.58. The number of rotatable bonds is 5. The normalized spacial score (nSPS) is 12.8. The largest absolute Gasteiger partial charge is 0.452 e. The summed E-state index contributed by atoms with van der Waals surface area (Å²) in [5.74, 6) is -0.774. The zero-order valence-corrected chi connectivity index (χ0v) is 17.2. The molecule has 1 aliphatic carbocycles. The summed E-state index contributed by atoms with van der Waals surface area (Å²) in [5.41, 5.74) is 1.78. The minimum atomic E-state index is -0.515. The molecule has 6 nitrogen and oxygen atoms in total. The Bertz CT molecular complexity index is 1060. The summed E-state index contributed by atoms with van der Waals surface area (Å²) in [6.45, 7) is -0.277. The molecule has 0 radical (unpaired) electrons. The number of nitrogens with zero attached hydrogens (tertiary/aromatic N) is 3. The lowest BCUT2D eigenvalue weighted by atomic mass is 10.2. The van der Waals surface area contributed by atoms with Crippen molar-refractivity contribution in [3.05, 3.63) is 46.6 Å². The molecule has 0 atom stereocenters. The summed E-state index contributed by atoms with van der Waals surface area (Å²) in [7, 11) is 3.25. The zero-order chi connectivity index (χ0) is 19.7. The number of esters is 1. The molecule has 2 heterocycles. The van der Waals surface area contributed by atoms with E-state index in [1.807, 2.05) is 12.1 Å². The van der Waals surface area contributed by atoms with Gasteiger partial charge in [-0.2, -0.15) is 0 Å². The standard InChI is InChI=1S/C20H19N3O3S2/c1-23(2)16(24)10-26-20(25)13-6-3-4-8-15(13)28-19-17-12-7-5-9-14(12)27-18(17)21-11-22-19/h3-4,6,8,11H,5,7,9-10H2,1-2H3. The van der Waals surface area contributed by atoms with Gasteiger partial charge in [0.15, 0.2) is 6.61 Å². The number of hydrogen-bond acceptors (Lipinski definition) is 7. The predicted molar refractivity (Wildman–Crippen MR) is 109 cm³/mol. The molecule has 0 N–H and O–H groups in total. The SMILES string of the molecule is CN(C)C(=O)COC(=O)c1ccccc1Sc1ncnc2sc3c(c12)CCC3. The first-order valence-corrected chi connectivity index (χ1v) is 10.6. The van der Waals surface area contributed by atoms with E-state index in [9.17, 15) is 9.59 Å². The quantitative estimate of drug-likeness (QED) is 0.470. The number of hydrogen-bond donors (Lipinski definition) is 0. The van der Waals surface area contributed by atoms with E-state index in [2.05, 4.69) is 9.97 Å². The molecule has 1 aliphatic rings. The maximum Gasteiger partial charge on any atom is 0.339 e. The summed E-state index contributed by atoms with van der Waals surface area (Å²) >= 11 is 3.18. The monoisotopic (exact) mass is 413 g/mol. The number of likely N-dealkylation sites (N-methyl/N-ethyl adjacent to an activating group) is 1. The number of amides is 1. The lowest BCUT2D eigenvalue weighted by Crippen LogP contribution is -2.27. The molecule has 0 unspecified atom stereocenters. The topological polar surface area (TPSA) is 72.4 Å². The van der Waals surface area contributed by atoms with Gasteiger partial charge in [0.05, 0.1) is 5.56 Å². The van der Waals surface area contributed by atoms with Gasteiger partial charge in [-0.15, -0.1) is 11.3 Å². The molecule has 2 aromatic heterocycles. The summed E-state index contributed by atoms with van der Waals surface area (Å²) in [5, 5.41) is 1.96. The van der Waals surface area contributed by atoms with Gasteiger partial charge in [-0.05, 0) is 37.0 Å². The lowest BCUT2D eigenvalue weighted by molar-refractivity contribution is -0.131. The maximum absolute atomic E-state index is 12.5. The summed E-state index contributed by atoms with van der Waals surface area (Å²) in [6, 6.07) is 7.24. The van der Waals surface area contributed by atoms with Crippen LogP contribution in [-0.4, -0.2) is 47.4 Å². The molecule has 0 bridgehead atoms. The Morgan fingerprint density at radius 3 is 2.86 bits per heavy atom. The van der Waals surface area contributed by atoms with Crippen molar-refractivity contribution >= 4 is 45.2 Å². The first kappa shape index (κ1) is 18.9. The number of carbonyl (C=O) groups is 2. The molecule has 0 saturated heterocycles. The molecule has 28 heavy (non-hydrogen) atoms. The van der Waals surface area contributed by atoms with Crippen molar-refractivity contribution < 1.29 is 14.3 Å². The van der Waals surface area contributed by atoms with Crippen LogP contribution in [-0.2, 0) is 22.4 Å². The van der Waals surface area contributed by atoms with Gasteiger partial charge in [-0.1, -0.05) is 23.9 Å². The maximum atomic E-state index is 12.5. The van der Waals surface area contributed by atoms with E-state index in [0.29, 0.717) is 5.56 Å². The van der Waals surface area contributed by atoms with Gasteiger partial charge >= 0.3 is 5.97 Å². The van der Waals surface area contributed by atoms with Crippen molar-refractivity contribution in [1.82, 2.24) is 14.9 Å². The number of benzene rings is 1. The highest BCUT2D eigenvalue weighted by molar-refractivity contribution is 7.99. The zero-order valence-electron chi connectivity index (χ0n) is 15.6. The molecule has 0 spiro atoms. The molecule has 0 aliphatic heterocycles. The van der Waals surface area contributed by atoms with Crippen molar-refractivity contribution in [2.45, 2.75) is 29.2 Å². The molecule has 0 fully saturated rings. The molecule has 144 valence electrons. The first-order valence-electron chi connectivity index (χ1n) is 8.94. The number of carbonyl (C=O) groups excluding carboxylic acids is 2. The van der Waals surface area contributed by atoms with Crippen LogP contribution in [0.25, 0.3) is 10.2 Å². The van der Waals surface area contributed by atoms with E-state index in [4.69, 9.17) is 4.74 Å². The minimum absolute atomic E-state index is 0.259. The Hall–Kier alpha value is -2.45. The van der Waals surface area contributed by atoms with Crippen LogP contribution in [0.2, 0.25) is 0 Å². The number of aryl methyl sites for hydroxylation is 2. The average molecular weight is 414 g/mol. The van der Waals surface area contributed by atoms with Gasteiger partial charge in [0.2, 0.25) is 0 Å². The molecule has 3 aromatic rings. The van der Waals surface area contributed by atoms with Crippen LogP contribution < -0.4 is 0 Å². The summed E-state index contributed by atoms with van der Waals surface area (Å²) in [4.78, 5) is 37.7.